The number of sulfonamides is 1. The summed E-state index contributed by atoms with van der Waals surface area (Å²) in [7, 11) is -3.79. The average molecular weight is 459 g/mol. The smallest absolute Gasteiger partial charge is 0.256 e. The fourth-order valence-electron chi connectivity index (χ4n) is 4.26. The minimum atomic E-state index is -3.79. The van der Waals surface area contributed by atoms with Crippen LogP contribution in [0.4, 0.5) is 4.39 Å². The number of piperidine rings is 1. The summed E-state index contributed by atoms with van der Waals surface area (Å²) in [6, 6.07) is 11.2. The number of carbonyl (C=O) groups excluding carboxylic acids is 1. The summed E-state index contributed by atoms with van der Waals surface area (Å²) in [5.41, 5.74) is 1.58. The number of imidazole rings is 1. The van der Waals surface area contributed by atoms with Gasteiger partial charge in [0.15, 0.2) is 0 Å². The number of fused-ring (bicyclic) bond motifs is 1. The molecule has 2 heterocycles. The number of amides is 1. The van der Waals surface area contributed by atoms with Crippen LogP contribution in [0.2, 0.25) is 0 Å². The van der Waals surface area contributed by atoms with Crippen molar-refractivity contribution in [2.75, 3.05) is 26.2 Å². The van der Waals surface area contributed by atoms with E-state index < -0.39 is 21.7 Å². The van der Waals surface area contributed by atoms with Gasteiger partial charge in [-0.25, -0.2) is 17.8 Å². The van der Waals surface area contributed by atoms with Gasteiger partial charge in [0.25, 0.3) is 5.91 Å². The molecule has 1 saturated heterocycles. The number of benzene rings is 2. The third kappa shape index (κ3) is 4.14. The van der Waals surface area contributed by atoms with Gasteiger partial charge in [-0.05, 0) is 43.2 Å². The second-order valence-corrected chi connectivity index (χ2v) is 9.90. The highest BCUT2D eigenvalue weighted by Crippen LogP contribution is 2.28. The van der Waals surface area contributed by atoms with E-state index in [-0.39, 0.29) is 16.4 Å². The zero-order valence-corrected chi connectivity index (χ0v) is 19.0. The Hall–Kier alpha value is -2.78. The predicted molar refractivity (Wildman–Crippen MR) is 120 cm³/mol. The number of likely N-dealkylation sites (tertiary alicyclic amines) is 1. The van der Waals surface area contributed by atoms with Gasteiger partial charge in [0.1, 0.15) is 11.6 Å². The fourth-order valence-corrected chi connectivity index (χ4v) is 5.75. The van der Waals surface area contributed by atoms with Crippen molar-refractivity contribution in [3.05, 3.63) is 59.7 Å². The first-order valence-corrected chi connectivity index (χ1v) is 12.3. The molecule has 7 nitrogen and oxygen atoms in total. The van der Waals surface area contributed by atoms with Gasteiger partial charge in [-0.3, -0.25) is 4.79 Å². The summed E-state index contributed by atoms with van der Waals surface area (Å²) in [4.78, 5) is 22.7. The highest BCUT2D eigenvalue weighted by Gasteiger charge is 2.30. The molecule has 2 aromatic carbocycles. The van der Waals surface area contributed by atoms with E-state index in [9.17, 15) is 17.6 Å². The van der Waals surface area contributed by atoms with Crippen LogP contribution in [0.25, 0.3) is 11.0 Å². The molecule has 1 atom stereocenters. The first-order valence-electron chi connectivity index (χ1n) is 10.9. The van der Waals surface area contributed by atoms with E-state index in [4.69, 9.17) is 0 Å². The number of aromatic amines is 1. The summed E-state index contributed by atoms with van der Waals surface area (Å²) in [6.45, 7) is 4.95. The van der Waals surface area contributed by atoms with Gasteiger partial charge >= 0.3 is 0 Å². The maximum Gasteiger partial charge on any atom is 0.256 e. The molecule has 9 heteroatoms. The molecule has 1 aliphatic heterocycles. The maximum atomic E-state index is 14.6. The first kappa shape index (κ1) is 22.4. The zero-order valence-electron chi connectivity index (χ0n) is 18.2. The molecule has 0 saturated carbocycles. The molecule has 4 rings (SSSR count). The second kappa shape index (κ2) is 8.99. The summed E-state index contributed by atoms with van der Waals surface area (Å²) in [5.74, 6) is -0.410. The van der Waals surface area contributed by atoms with Gasteiger partial charge in [0.2, 0.25) is 10.0 Å². The van der Waals surface area contributed by atoms with E-state index in [1.165, 1.54) is 10.4 Å². The van der Waals surface area contributed by atoms with Crippen molar-refractivity contribution in [2.45, 2.75) is 37.5 Å². The molecule has 1 N–H and O–H groups in total. The molecule has 1 unspecified atom stereocenters. The number of rotatable bonds is 6. The quantitative estimate of drug-likeness (QED) is 0.610. The minimum absolute atomic E-state index is 0.00532. The fraction of sp³-hybridized carbons (Fsp3) is 0.391. The number of nitrogens with zero attached hydrogens (tertiary/aromatic N) is 3. The summed E-state index contributed by atoms with van der Waals surface area (Å²) < 4.78 is 41.6. The maximum absolute atomic E-state index is 14.6. The predicted octanol–water partition coefficient (Wildman–Crippen LogP) is 3.75. The summed E-state index contributed by atoms with van der Waals surface area (Å²) >= 11 is 0. The van der Waals surface area contributed by atoms with Crippen LogP contribution < -0.4 is 0 Å². The Morgan fingerprint density at radius 2 is 1.97 bits per heavy atom. The van der Waals surface area contributed by atoms with E-state index in [0.717, 1.165) is 41.8 Å². The third-order valence-electron chi connectivity index (χ3n) is 6.01. The normalized spacial score (nSPS) is 17.2. The van der Waals surface area contributed by atoms with E-state index in [1.807, 2.05) is 24.3 Å². The Kier molecular flexibility index (Phi) is 6.30. The Morgan fingerprint density at radius 3 is 2.69 bits per heavy atom. The van der Waals surface area contributed by atoms with Crippen molar-refractivity contribution in [3.8, 4) is 0 Å². The van der Waals surface area contributed by atoms with Gasteiger partial charge in [0.05, 0.1) is 21.5 Å². The molecule has 0 radical (unpaired) electrons. The van der Waals surface area contributed by atoms with Crippen LogP contribution >= 0.6 is 0 Å². The number of para-hydroxylation sites is 2. The highest BCUT2D eigenvalue weighted by atomic mass is 32.2. The SMILES string of the molecule is CCN(CC)S(=O)(=O)c1ccc(F)c(C(=O)N2CCCC(c3nc4ccccc4[nH]3)C2)c1. The van der Waals surface area contributed by atoms with Crippen LogP contribution in [-0.4, -0.2) is 59.7 Å². The van der Waals surface area contributed by atoms with E-state index in [1.54, 1.807) is 18.7 Å². The molecule has 0 aliphatic carbocycles. The summed E-state index contributed by atoms with van der Waals surface area (Å²) in [6.07, 6.45) is 1.62. The van der Waals surface area contributed by atoms with Crippen molar-refractivity contribution in [1.29, 1.82) is 0 Å². The van der Waals surface area contributed by atoms with E-state index in [2.05, 4.69) is 9.97 Å². The van der Waals surface area contributed by atoms with Gasteiger partial charge in [-0.1, -0.05) is 26.0 Å². The van der Waals surface area contributed by atoms with Crippen LogP contribution in [0.15, 0.2) is 47.4 Å². The topological polar surface area (TPSA) is 86.4 Å². The van der Waals surface area contributed by atoms with Gasteiger partial charge < -0.3 is 9.88 Å². The number of H-pyrrole nitrogens is 1. The van der Waals surface area contributed by atoms with Crippen molar-refractivity contribution < 1.29 is 17.6 Å². The van der Waals surface area contributed by atoms with Crippen molar-refractivity contribution >= 4 is 27.0 Å². The first-order chi connectivity index (χ1) is 15.3. The number of halogens is 1. The number of hydrogen-bond donors (Lipinski definition) is 1. The molecule has 1 aromatic heterocycles. The summed E-state index contributed by atoms with van der Waals surface area (Å²) in [5, 5.41) is 0. The molecule has 1 fully saturated rings. The lowest BCUT2D eigenvalue weighted by Crippen LogP contribution is -2.40. The second-order valence-electron chi connectivity index (χ2n) is 7.96. The number of carbonyl (C=O) groups is 1. The third-order valence-corrected chi connectivity index (χ3v) is 8.06. The van der Waals surface area contributed by atoms with Gasteiger partial charge in [0, 0.05) is 32.1 Å². The lowest BCUT2D eigenvalue weighted by molar-refractivity contribution is 0.0700. The number of nitrogens with one attached hydrogen (secondary N) is 1. The van der Waals surface area contributed by atoms with Gasteiger partial charge in [-0.15, -0.1) is 0 Å². The molecule has 1 amide bonds. The Morgan fingerprint density at radius 1 is 1.22 bits per heavy atom. The molecule has 170 valence electrons. The molecule has 3 aromatic rings. The van der Waals surface area contributed by atoms with Crippen LogP contribution in [0.1, 0.15) is 48.8 Å². The molecule has 1 aliphatic rings. The highest BCUT2D eigenvalue weighted by molar-refractivity contribution is 7.89. The number of aromatic nitrogens is 2. The Labute approximate surface area is 187 Å². The molecule has 32 heavy (non-hydrogen) atoms. The molecular formula is C23H27FN4O3S. The van der Waals surface area contributed by atoms with Crippen LogP contribution in [-0.2, 0) is 10.0 Å². The molecule has 0 spiro atoms. The molecule has 0 bridgehead atoms. The van der Waals surface area contributed by atoms with Crippen molar-refractivity contribution in [2.24, 2.45) is 0 Å². The van der Waals surface area contributed by atoms with Crippen LogP contribution in [0.5, 0.6) is 0 Å². The molecular weight excluding hydrogens is 431 g/mol. The minimum Gasteiger partial charge on any atom is -0.342 e. The van der Waals surface area contributed by atoms with Crippen molar-refractivity contribution in [1.82, 2.24) is 19.2 Å². The van der Waals surface area contributed by atoms with Crippen LogP contribution in [0, 0.1) is 5.82 Å². The van der Waals surface area contributed by atoms with Crippen molar-refractivity contribution in [3.63, 3.8) is 0 Å². The lowest BCUT2D eigenvalue weighted by atomic mass is 9.96. The standard InChI is InChI=1S/C23H27FN4O3S/c1-3-28(4-2)32(30,31)17-11-12-19(24)18(14-17)23(29)27-13-7-8-16(15-27)22-25-20-9-5-6-10-21(20)26-22/h5-6,9-12,14,16H,3-4,7-8,13,15H2,1-2H3,(H,25,26). The monoisotopic (exact) mass is 458 g/mol. The van der Waals surface area contributed by atoms with E-state index >= 15 is 0 Å². The average Bonchev–Trinajstić information content (AvgIpc) is 3.24. The van der Waals surface area contributed by atoms with Crippen LogP contribution in [0.3, 0.4) is 0 Å². The number of hydrogen-bond acceptors (Lipinski definition) is 4. The zero-order chi connectivity index (χ0) is 22.9. The Balaban J connectivity index is 1.59. The Bertz CT molecular complexity index is 1200. The largest absolute Gasteiger partial charge is 0.342 e. The van der Waals surface area contributed by atoms with Gasteiger partial charge in [-0.2, -0.15) is 4.31 Å². The lowest BCUT2D eigenvalue weighted by Gasteiger charge is -2.32. The van der Waals surface area contributed by atoms with E-state index in [0.29, 0.717) is 26.2 Å².